The quantitative estimate of drug-likeness (QED) is 0.160. The van der Waals surface area contributed by atoms with Crippen molar-refractivity contribution in [1.82, 2.24) is 9.79 Å². The molecule has 0 saturated heterocycles. The summed E-state index contributed by atoms with van der Waals surface area (Å²) in [5.41, 5.74) is 0.674. The highest BCUT2D eigenvalue weighted by atomic mass is 32.2. The number of hydrogen-bond donors (Lipinski definition) is 2. The molecule has 1 amide bonds. The lowest BCUT2D eigenvalue weighted by Crippen LogP contribution is -2.47. The number of nitro groups is 1. The Hall–Kier alpha value is -3.17. The normalized spacial score (nSPS) is 12.6. The molecule has 0 saturated carbocycles. The fourth-order valence-corrected chi connectivity index (χ4v) is 4.18. The van der Waals surface area contributed by atoms with Gasteiger partial charge in [0.05, 0.1) is 4.92 Å². The Kier molecular flexibility index (Phi) is 6.93. The summed E-state index contributed by atoms with van der Waals surface area (Å²) in [6, 6.07) is 2.09. The van der Waals surface area contributed by atoms with Crippen LogP contribution in [0, 0.1) is 39.2 Å². The number of benzene rings is 2. The fraction of sp³-hybridized carbons (Fsp3) is 0.188. The van der Waals surface area contributed by atoms with E-state index in [0.29, 0.717) is 0 Å². The Morgan fingerprint density at radius 3 is 1.94 bits per heavy atom. The van der Waals surface area contributed by atoms with Crippen molar-refractivity contribution < 1.29 is 45.3 Å². The number of sulfonamides is 1. The lowest BCUT2D eigenvalue weighted by Gasteiger charge is -2.27. The van der Waals surface area contributed by atoms with E-state index < -0.39 is 67.4 Å². The van der Waals surface area contributed by atoms with Crippen molar-refractivity contribution >= 4 is 21.6 Å². The molecule has 0 aliphatic rings. The van der Waals surface area contributed by atoms with E-state index in [1.54, 1.807) is 0 Å². The number of hydroxylamine groups is 1. The molecule has 0 spiro atoms. The Morgan fingerprint density at radius 2 is 1.52 bits per heavy atom. The number of nitrogens with one attached hydrogen (secondary N) is 1. The van der Waals surface area contributed by atoms with Crippen LogP contribution in [0.3, 0.4) is 0 Å². The lowest BCUT2D eigenvalue weighted by molar-refractivity contribution is -0.384. The van der Waals surface area contributed by atoms with Gasteiger partial charge in [-0.05, 0) is 12.5 Å². The second-order valence-corrected chi connectivity index (χ2v) is 7.85. The number of amides is 1. The van der Waals surface area contributed by atoms with E-state index in [2.05, 4.69) is 0 Å². The molecule has 9 nitrogen and oxygen atoms in total. The predicted molar refractivity (Wildman–Crippen MR) is 91.4 cm³/mol. The van der Waals surface area contributed by atoms with Gasteiger partial charge in [-0.2, -0.15) is 4.31 Å². The summed E-state index contributed by atoms with van der Waals surface area (Å²) in [4.78, 5) is 19.5. The van der Waals surface area contributed by atoms with Gasteiger partial charge < -0.3 is 0 Å². The first kappa shape index (κ1) is 24.1. The van der Waals surface area contributed by atoms with E-state index in [9.17, 15) is 45.3 Å². The Morgan fingerprint density at radius 1 is 1.06 bits per heavy atom. The molecule has 0 unspecified atom stereocenters. The molecule has 0 fully saturated rings. The van der Waals surface area contributed by atoms with Gasteiger partial charge in [-0.3, -0.25) is 20.1 Å². The maximum atomic E-state index is 14.1. The molecule has 2 aromatic carbocycles. The van der Waals surface area contributed by atoms with E-state index in [0.717, 1.165) is 36.7 Å². The van der Waals surface area contributed by atoms with E-state index in [1.807, 2.05) is 0 Å². The molecule has 0 heterocycles. The van der Waals surface area contributed by atoms with Crippen LogP contribution in [0.1, 0.15) is 12.5 Å². The fourth-order valence-electron chi connectivity index (χ4n) is 2.49. The molecule has 0 aliphatic heterocycles. The van der Waals surface area contributed by atoms with Gasteiger partial charge in [0.15, 0.2) is 28.2 Å². The van der Waals surface area contributed by atoms with Crippen LogP contribution in [0.15, 0.2) is 29.2 Å². The second kappa shape index (κ2) is 8.91. The highest BCUT2D eigenvalue weighted by Crippen LogP contribution is 2.31. The Bertz CT molecular complexity index is 1110. The van der Waals surface area contributed by atoms with Crippen LogP contribution in [0.5, 0.6) is 0 Å². The molecule has 0 aromatic heterocycles. The van der Waals surface area contributed by atoms with Gasteiger partial charge in [-0.15, -0.1) is 0 Å². The van der Waals surface area contributed by atoms with E-state index >= 15 is 0 Å². The molecule has 31 heavy (non-hydrogen) atoms. The van der Waals surface area contributed by atoms with Crippen molar-refractivity contribution in [3.8, 4) is 0 Å². The van der Waals surface area contributed by atoms with Crippen molar-refractivity contribution in [2.24, 2.45) is 0 Å². The van der Waals surface area contributed by atoms with Gasteiger partial charge in [0.25, 0.3) is 11.6 Å². The number of rotatable bonds is 7. The minimum Gasteiger partial charge on any atom is -0.289 e. The molecule has 0 aliphatic carbocycles. The molecule has 2 rings (SSSR count). The third-order valence-corrected chi connectivity index (χ3v) is 6.08. The van der Waals surface area contributed by atoms with Crippen molar-refractivity contribution in [1.29, 1.82) is 0 Å². The summed E-state index contributed by atoms with van der Waals surface area (Å²) in [6.07, 6.45) is 0. The van der Waals surface area contributed by atoms with Crippen LogP contribution >= 0.6 is 0 Å². The van der Waals surface area contributed by atoms with Crippen molar-refractivity contribution in [2.45, 2.75) is 24.4 Å². The maximum absolute atomic E-state index is 14.1. The first-order chi connectivity index (χ1) is 14.3. The zero-order valence-corrected chi connectivity index (χ0v) is 16.1. The van der Waals surface area contributed by atoms with Crippen LogP contribution in [-0.2, 0) is 21.4 Å². The highest BCUT2D eigenvalue weighted by molar-refractivity contribution is 7.89. The van der Waals surface area contributed by atoms with E-state index in [-0.39, 0.29) is 15.6 Å². The van der Waals surface area contributed by atoms with Gasteiger partial charge in [-0.25, -0.2) is 35.8 Å². The number of nitro benzene ring substituents is 1. The second-order valence-electron chi connectivity index (χ2n) is 6.02. The smallest absolute Gasteiger partial charge is 0.269 e. The van der Waals surface area contributed by atoms with Crippen LogP contribution in [0.2, 0.25) is 0 Å². The van der Waals surface area contributed by atoms with Crippen molar-refractivity contribution in [3.63, 3.8) is 0 Å². The number of nitrogens with zero attached hydrogens (tertiary/aromatic N) is 2. The standard InChI is InChI=1S/C16H12F5N3O6S/c1-7(16(25)22-26)23(6-8-2-4-9(5-3-8)24(27)28)31(29,30)15-13(20)11(18)10(17)12(19)14(15)21/h2-5,7,26H,6H2,1H3,(H,22,25)/t7-/m0/s1. The van der Waals surface area contributed by atoms with Crippen molar-refractivity contribution in [3.05, 3.63) is 69.0 Å². The number of hydrogen-bond acceptors (Lipinski definition) is 6. The van der Waals surface area contributed by atoms with Gasteiger partial charge in [0, 0.05) is 18.7 Å². The molecule has 168 valence electrons. The number of carbonyl (C=O) groups excluding carboxylic acids is 1. The van der Waals surface area contributed by atoms with Crippen LogP contribution in [-0.4, -0.2) is 34.8 Å². The predicted octanol–water partition coefficient (Wildman–Crippen LogP) is 2.38. The van der Waals surface area contributed by atoms with Gasteiger partial charge in [0.1, 0.15) is 6.04 Å². The Labute approximate surface area is 170 Å². The summed E-state index contributed by atoms with van der Waals surface area (Å²) in [6.45, 7) is -0.0189. The summed E-state index contributed by atoms with van der Waals surface area (Å²) in [7, 11) is -5.57. The summed E-state index contributed by atoms with van der Waals surface area (Å²) >= 11 is 0. The minimum absolute atomic E-state index is 0.0457. The minimum atomic E-state index is -5.57. The summed E-state index contributed by atoms with van der Waals surface area (Å²) < 4.78 is 94.4. The van der Waals surface area contributed by atoms with Crippen LogP contribution in [0.25, 0.3) is 0 Å². The van der Waals surface area contributed by atoms with Gasteiger partial charge >= 0.3 is 0 Å². The molecule has 1 atom stereocenters. The third-order valence-electron chi connectivity index (χ3n) is 4.14. The molecule has 0 bridgehead atoms. The largest absolute Gasteiger partial charge is 0.289 e. The monoisotopic (exact) mass is 469 g/mol. The molecular weight excluding hydrogens is 457 g/mol. The topological polar surface area (TPSA) is 130 Å². The van der Waals surface area contributed by atoms with Crippen molar-refractivity contribution in [2.75, 3.05) is 0 Å². The van der Waals surface area contributed by atoms with Gasteiger partial charge in [0.2, 0.25) is 15.8 Å². The molecule has 2 N–H and O–H groups in total. The molecule has 2 aromatic rings. The van der Waals surface area contributed by atoms with E-state index in [4.69, 9.17) is 5.21 Å². The van der Waals surface area contributed by atoms with Gasteiger partial charge in [-0.1, -0.05) is 12.1 Å². The molecule has 15 heteroatoms. The zero-order valence-electron chi connectivity index (χ0n) is 15.3. The molecule has 0 radical (unpaired) electrons. The van der Waals surface area contributed by atoms with Crippen LogP contribution < -0.4 is 5.48 Å². The average Bonchev–Trinajstić information content (AvgIpc) is 2.73. The first-order valence-electron chi connectivity index (χ1n) is 8.05. The highest BCUT2D eigenvalue weighted by Gasteiger charge is 2.40. The number of non-ortho nitro benzene ring substituents is 1. The molecular formula is C16H12F5N3O6S. The zero-order chi connectivity index (χ0) is 23.7. The first-order valence-corrected chi connectivity index (χ1v) is 9.49. The van der Waals surface area contributed by atoms with Crippen LogP contribution in [0.4, 0.5) is 27.6 Å². The SMILES string of the molecule is C[C@@H](C(=O)NO)N(Cc1ccc([N+](=O)[O-])cc1)S(=O)(=O)c1c(F)c(F)c(F)c(F)c1F. The third kappa shape index (κ3) is 4.47. The number of halogens is 5. The average molecular weight is 469 g/mol. The summed E-state index contributed by atoms with van der Waals surface area (Å²) in [5, 5.41) is 19.5. The maximum Gasteiger partial charge on any atom is 0.269 e. The Balaban J connectivity index is 2.66. The number of carbonyl (C=O) groups is 1. The van der Waals surface area contributed by atoms with E-state index in [1.165, 1.54) is 0 Å². The lowest BCUT2D eigenvalue weighted by atomic mass is 10.2. The summed E-state index contributed by atoms with van der Waals surface area (Å²) in [5.74, 6) is -14.3.